The topological polar surface area (TPSA) is 78.9 Å². The highest BCUT2D eigenvalue weighted by Crippen LogP contribution is 2.17. The van der Waals surface area contributed by atoms with E-state index in [1.54, 1.807) is 0 Å². The van der Waals surface area contributed by atoms with Crippen LogP contribution in [-0.4, -0.2) is 56.5 Å². The smallest absolute Gasteiger partial charge is 0.163 e. The molecule has 6 heteroatoms. The molecule has 0 aliphatic heterocycles. The predicted molar refractivity (Wildman–Crippen MR) is 105 cm³/mol. The lowest BCUT2D eigenvalue weighted by Crippen LogP contribution is -2.35. The summed E-state index contributed by atoms with van der Waals surface area (Å²) < 4.78 is 16.6. The van der Waals surface area contributed by atoms with E-state index in [4.69, 9.17) is 14.2 Å². The van der Waals surface area contributed by atoms with Gasteiger partial charge in [0.1, 0.15) is 25.9 Å². The van der Waals surface area contributed by atoms with Crippen molar-refractivity contribution in [2.75, 3.05) is 33.0 Å². The number of ketones is 3. The molecule has 0 aliphatic rings. The maximum Gasteiger partial charge on any atom is 0.163 e. The van der Waals surface area contributed by atoms with E-state index < -0.39 is 22.3 Å². The fourth-order valence-corrected chi connectivity index (χ4v) is 1.55. The van der Waals surface area contributed by atoms with Crippen LogP contribution in [0.2, 0.25) is 0 Å². The van der Waals surface area contributed by atoms with Crippen LogP contribution in [0.4, 0.5) is 0 Å². The van der Waals surface area contributed by atoms with Gasteiger partial charge in [0.15, 0.2) is 17.3 Å². The molecule has 0 amide bonds. The molecule has 158 valence electrons. The molecular formula is C21H38O6. The summed E-state index contributed by atoms with van der Waals surface area (Å²) in [6.45, 7) is 16.5. The zero-order chi connectivity index (χ0) is 21.5. The highest BCUT2D eigenvalue weighted by molar-refractivity contribution is 5.85. The number of carbonyl (C=O) groups excluding carboxylic acids is 3. The van der Waals surface area contributed by atoms with Gasteiger partial charge >= 0.3 is 0 Å². The summed E-state index contributed by atoms with van der Waals surface area (Å²) in [6, 6.07) is 0. The highest BCUT2D eigenvalue weighted by Gasteiger charge is 2.25. The zero-order valence-corrected chi connectivity index (χ0v) is 18.6. The second kappa shape index (κ2) is 10.4. The van der Waals surface area contributed by atoms with Gasteiger partial charge in [-0.05, 0) is 0 Å². The Balaban J connectivity index is 4.64. The molecule has 6 nitrogen and oxygen atoms in total. The van der Waals surface area contributed by atoms with E-state index in [2.05, 4.69) is 0 Å². The van der Waals surface area contributed by atoms with Crippen LogP contribution >= 0.6 is 0 Å². The molecule has 0 fully saturated rings. The molecule has 0 bridgehead atoms. The molecule has 0 N–H and O–H groups in total. The van der Waals surface area contributed by atoms with Gasteiger partial charge in [-0.15, -0.1) is 0 Å². The largest absolute Gasteiger partial charge is 0.371 e. The summed E-state index contributed by atoms with van der Waals surface area (Å²) in [5.41, 5.74) is -1.46. The van der Waals surface area contributed by atoms with Crippen LogP contribution in [0.25, 0.3) is 0 Å². The molecule has 0 saturated carbocycles. The number of hydrogen-bond donors (Lipinski definition) is 0. The first kappa shape index (κ1) is 25.9. The molecule has 0 rings (SSSR count). The first-order valence-electron chi connectivity index (χ1n) is 9.42. The van der Waals surface area contributed by atoms with Crippen molar-refractivity contribution in [2.45, 2.75) is 68.4 Å². The van der Waals surface area contributed by atoms with Crippen molar-refractivity contribution in [3.63, 3.8) is 0 Å². The van der Waals surface area contributed by atoms with Crippen molar-refractivity contribution in [3.05, 3.63) is 0 Å². The molecular weight excluding hydrogens is 348 g/mol. The number of Topliss-reactive ketones (excluding diaryl/α,β-unsaturated/α-hetero) is 3. The van der Waals surface area contributed by atoms with Crippen LogP contribution in [0.1, 0.15) is 62.3 Å². The van der Waals surface area contributed by atoms with Gasteiger partial charge in [-0.2, -0.15) is 0 Å². The van der Waals surface area contributed by atoms with Crippen molar-refractivity contribution in [1.29, 1.82) is 0 Å². The fourth-order valence-electron chi connectivity index (χ4n) is 1.55. The Morgan fingerprint density at radius 2 is 0.889 bits per heavy atom. The van der Waals surface area contributed by atoms with Crippen LogP contribution in [0.15, 0.2) is 0 Å². The standard InChI is InChI=1S/C21H38O6/c1-19(2,3)16(22)12-25-10-15(27-14-18(24)21(7,8)9)11-26-13-17(23)20(4,5)6/h15H,10-14H2,1-9H3. The highest BCUT2D eigenvalue weighted by atomic mass is 16.6. The number of ether oxygens (including phenoxy) is 3. The summed E-state index contributed by atoms with van der Waals surface area (Å²) >= 11 is 0. The van der Waals surface area contributed by atoms with Crippen LogP contribution < -0.4 is 0 Å². The van der Waals surface area contributed by atoms with Gasteiger partial charge in [0.2, 0.25) is 0 Å². The van der Waals surface area contributed by atoms with Crippen molar-refractivity contribution in [2.24, 2.45) is 16.2 Å². The lowest BCUT2D eigenvalue weighted by atomic mass is 9.91. The maximum atomic E-state index is 12.1. The molecule has 0 aliphatic carbocycles. The van der Waals surface area contributed by atoms with Crippen LogP contribution in [-0.2, 0) is 28.6 Å². The third-order valence-corrected chi connectivity index (χ3v) is 4.03. The number of carbonyl (C=O) groups is 3. The third kappa shape index (κ3) is 11.4. The van der Waals surface area contributed by atoms with Crippen LogP contribution in [0, 0.1) is 16.2 Å². The summed E-state index contributed by atoms with van der Waals surface area (Å²) in [6.07, 6.45) is -0.531. The van der Waals surface area contributed by atoms with Gasteiger partial charge in [0, 0.05) is 16.2 Å². The number of hydrogen-bond acceptors (Lipinski definition) is 6. The minimum atomic E-state index is -0.531. The van der Waals surface area contributed by atoms with Gasteiger partial charge in [-0.25, -0.2) is 0 Å². The molecule has 0 spiro atoms. The predicted octanol–water partition coefficient (Wildman–Crippen LogP) is 3.25. The van der Waals surface area contributed by atoms with Gasteiger partial charge in [-0.1, -0.05) is 62.3 Å². The normalized spacial score (nSPS) is 13.1. The second-order valence-corrected chi connectivity index (χ2v) is 9.98. The van der Waals surface area contributed by atoms with Crippen molar-refractivity contribution in [1.82, 2.24) is 0 Å². The van der Waals surface area contributed by atoms with E-state index in [-0.39, 0.29) is 50.4 Å². The average molecular weight is 387 g/mol. The average Bonchev–Trinajstić information content (AvgIpc) is 2.48. The Bertz CT molecular complexity index is 470. The van der Waals surface area contributed by atoms with Crippen LogP contribution in [0.5, 0.6) is 0 Å². The molecule has 0 aromatic heterocycles. The van der Waals surface area contributed by atoms with Gasteiger partial charge in [0.25, 0.3) is 0 Å². The quantitative estimate of drug-likeness (QED) is 0.542. The Hall–Kier alpha value is -1.11. The van der Waals surface area contributed by atoms with Gasteiger partial charge < -0.3 is 14.2 Å². The SMILES string of the molecule is CC(C)(C)C(=O)COCC(COCC(=O)C(C)(C)C)OCC(=O)C(C)(C)C. The molecule has 0 aromatic carbocycles. The van der Waals surface area contributed by atoms with Crippen LogP contribution in [0.3, 0.4) is 0 Å². The lowest BCUT2D eigenvalue weighted by Gasteiger charge is -2.23. The Morgan fingerprint density at radius 3 is 1.19 bits per heavy atom. The Morgan fingerprint density at radius 1 is 0.593 bits per heavy atom. The van der Waals surface area contributed by atoms with E-state index >= 15 is 0 Å². The summed E-state index contributed by atoms with van der Waals surface area (Å²) in [5, 5.41) is 0. The summed E-state index contributed by atoms with van der Waals surface area (Å²) in [7, 11) is 0. The Labute approximate surface area is 164 Å². The molecule has 0 radical (unpaired) electrons. The van der Waals surface area contributed by atoms with E-state index in [1.165, 1.54) is 0 Å². The minimum absolute atomic E-state index is 0.0177. The van der Waals surface area contributed by atoms with E-state index in [0.717, 1.165) is 0 Å². The molecule has 27 heavy (non-hydrogen) atoms. The summed E-state index contributed by atoms with van der Waals surface area (Å²) in [4.78, 5) is 36.0. The molecule has 0 unspecified atom stereocenters. The zero-order valence-electron chi connectivity index (χ0n) is 18.6. The first-order valence-corrected chi connectivity index (χ1v) is 9.42. The molecule has 0 saturated heterocycles. The van der Waals surface area contributed by atoms with E-state index in [9.17, 15) is 14.4 Å². The van der Waals surface area contributed by atoms with E-state index in [0.29, 0.717) is 0 Å². The van der Waals surface area contributed by atoms with Gasteiger partial charge in [-0.3, -0.25) is 14.4 Å². The van der Waals surface area contributed by atoms with Gasteiger partial charge in [0.05, 0.1) is 13.2 Å². The van der Waals surface area contributed by atoms with Crippen molar-refractivity contribution < 1.29 is 28.6 Å². The lowest BCUT2D eigenvalue weighted by molar-refractivity contribution is -0.142. The summed E-state index contributed by atoms with van der Waals surface area (Å²) in [5.74, 6) is -0.0734. The minimum Gasteiger partial charge on any atom is -0.371 e. The molecule has 0 aromatic rings. The van der Waals surface area contributed by atoms with Crippen molar-refractivity contribution >= 4 is 17.3 Å². The van der Waals surface area contributed by atoms with Crippen molar-refractivity contribution in [3.8, 4) is 0 Å². The second-order valence-electron chi connectivity index (χ2n) is 9.98. The molecule has 0 atom stereocenters. The number of rotatable bonds is 11. The third-order valence-electron chi connectivity index (χ3n) is 4.03. The Kier molecular flexibility index (Phi) is 10.0. The maximum absolute atomic E-state index is 12.1. The fraction of sp³-hybridized carbons (Fsp3) is 0.857. The first-order chi connectivity index (χ1) is 12.0. The van der Waals surface area contributed by atoms with E-state index in [1.807, 2.05) is 62.3 Å². The monoisotopic (exact) mass is 386 g/mol. The molecule has 0 heterocycles.